The number of carbonyl (C=O) groups is 14. The Bertz CT molecular complexity index is 2400. The van der Waals surface area contributed by atoms with Crippen molar-refractivity contribution < 1.29 is 92.7 Å². The molecule has 0 aliphatic carbocycles. The molecule has 0 aromatic heterocycles. The van der Waals surface area contributed by atoms with Crippen LogP contribution in [0.4, 0.5) is 0 Å². The third-order valence-corrected chi connectivity index (χ3v) is 12.1. The molecule has 3 rings (SSSR count). The Balaban J connectivity index is 1.82. The molecule has 2 fully saturated rings. The van der Waals surface area contributed by atoms with Gasteiger partial charge in [-0.2, -0.15) is 0 Å². The molecular formula is C48H68N10O19. The summed E-state index contributed by atoms with van der Waals surface area (Å²) in [5.74, 6) is -18.6. The van der Waals surface area contributed by atoms with Crippen molar-refractivity contribution in [3.8, 4) is 0 Å². The Morgan fingerprint density at radius 3 is 1.32 bits per heavy atom. The first kappa shape index (κ1) is 63.1. The summed E-state index contributed by atoms with van der Waals surface area (Å²) in [5.41, 5.74) is 0.372. The molecule has 0 bridgehead atoms. The van der Waals surface area contributed by atoms with E-state index in [0.717, 1.165) is 6.92 Å². The maximum absolute atomic E-state index is 13.9. The van der Waals surface area contributed by atoms with Crippen LogP contribution in [-0.2, 0) is 73.5 Å². The van der Waals surface area contributed by atoms with Crippen LogP contribution in [0, 0.1) is 17.8 Å². The molecule has 2 heterocycles. The second-order valence-corrected chi connectivity index (χ2v) is 19.6. The van der Waals surface area contributed by atoms with Crippen LogP contribution in [0.15, 0.2) is 30.3 Å². The quantitative estimate of drug-likeness (QED) is 0.0346. The molecule has 10 atom stereocenters. The van der Waals surface area contributed by atoms with Crippen LogP contribution in [-0.4, -0.2) is 186 Å². The molecule has 2 aliphatic rings. The van der Waals surface area contributed by atoms with E-state index >= 15 is 0 Å². The number of fused-ring (bicyclic) bond motifs is 1. The number of nitrogens with zero attached hydrogens (tertiary/aromatic N) is 2. The molecule has 0 saturated carbocycles. The molecule has 9 amide bonds. The van der Waals surface area contributed by atoms with Crippen molar-refractivity contribution >= 4 is 83.0 Å². The second-order valence-electron chi connectivity index (χ2n) is 19.6. The van der Waals surface area contributed by atoms with E-state index in [2.05, 4.69) is 42.5 Å². The summed E-state index contributed by atoms with van der Waals surface area (Å²) < 4.78 is 0. The van der Waals surface area contributed by atoms with Gasteiger partial charge in [-0.1, -0.05) is 65.0 Å². The first-order chi connectivity index (χ1) is 36.0. The maximum atomic E-state index is 13.9. The summed E-state index contributed by atoms with van der Waals surface area (Å²) >= 11 is 0. The lowest BCUT2D eigenvalue weighted by Gasteiger charge is -2.28. The van der Waals surface area contributed by atoms with Gasteiger partial charge in [0.2, 0.25) is 53.2 Å². The number of aliphatic carboxylic acids is 5. The van der Waals surface area contributed by atoms with Crippen molar-refractivity contribution in [3.05, 3.63) is 35.9 Å². The van der Waals surface area contributed by atoms with Crippen LogP contribution in [0.3, 0.4) is 0 Å². The second kappa shape index (κ2) is 29.2. The Morgan fingerprint density at radius 1 is 0.506 bits per heavy atom. The number of hydrogen-bond acceptors (Lipinski definition) is 15. The molecule has 10 unspecified atom stereocenters. The minimum Gasteiger partial charge on any atom is -0.481 e. The monoisotopic (exact) mass is 1090 g/mol. The minimum atomic E-state index is -2.12. The van der Waals surface area contributed by atoms with E-state index in [1.165, 1.54) is 17.1 Å². The highest BCUT2D eigenvalue weighted by Gasteiger charge is 2.47. The SMILES string of the molecule is CC(C)CC(NC(=O)C(CC(=O)O)NC(=O)C(Cc1ccccc1)NC(=O)C(CC(=O)O)NC(=O)C(CC(=O)O)NC(=O)C(CC(C)C)NC(=O)C(C)NC(=O)C(CC(=O)O)NC(=O)C1CCN2CC(C)C(=O)N12)C(=O)O. The normalized spacial score (nSPS) is 18.1. The fraction of sp³-hybridized carbons (Fsp3) is 0.583. The maximum Gasteiger partial charge on any atom is 0.326 e. The average molecular weight is 1090 g/mol. The van der Waals surface area contributed by atoms with Crippen molar-refractivity contribution in [2.24, 2.45) is 17.8 Å². The van der Waals surface area contributed by atoms with E-state index < -0.39 is 163 Å². The number of benzene rings is 1. The minimum absolute atomic E-state index is 0.0703. The predicted octanol–water partition coefficient (Wildman–Crippen LogP) is -3.33. The number of hydrazine groups is 1. The molecule has 1 aromatic rings. The van der Waals surface area contributed by atoms with Crippen LogP contribution >= 0.6 is 0 Å². The summed E-state index contributed by atoms with van der Waals surface area (Å²) in [6.07, 6.45) is -4.79. The number of nitrogens with one attached hydrogen (secondary N) is 8. The van der Waals surface area contributed by atoms with Crippen LogP contribution in [0.1, 0.15) is 92.1 Å². The van der Waals surface area contributed by atoms with Crippen molar-refractivity contribution in [2.45, 2.75) is 147 Å². The zero-order chi connectivity index (χ0) is 58.0. The van der Waals surface area contributed by atoms with E-state index in [0.29, 0.717) is 18.7 Å². The summed E-state index contributed by atoms with van der Waals surface area (Å²) in [5, 5.41) is 69.1. The number of carboxylic acid groups (broad SMARTS) is 5. The van der Waals surface area contributed by atoms with E-state index in [1.54, 1.807) is 57.8 Å². The zero-order valence-electron chi connectivity index (χ0n) is 43.2. The first-order valence-electron chi connectivity index (χ1n) is 24.6. The highest BCUT2D eigenvalue weighted by Crippen LogP contribution is 2.28. The molecule has 2 saturated heterocycles. The highest BCUT2D eigenvalue weighted by atomic mass is 16.4. The summed E-state index contributed by atoms with van der Waals surface area (Å²) in [4.78, 5) is 181. The molecule has 0 spiro atoms. The molecule has 2 aliphatic heterocycles. The predicted molar refractivity (Wildman–Crippen MR) is 263 cm³/mol. The Labute approximate surface area is 441 Å². The van der Waals surface area contributed by atoms with Gasteiger partial charge in [0.1, 0.15) is 54.4 Å². The Hall–Kier alpha value is -8.24. The summed E-state index contributed by atoms with van der Waals surface area (Å²) in [7, 11) is 0. The Kier molecular flexibility index (Phi) is 23.9. The van der Waals surface area contributed by atoms with Gasteiger partial charge in [-0.05, 0) is 43.6 Å². The van der Waals surface area contributed by atoms with E-state index in [1.807, 2.05) is 0 Å². The van der Waals surface area contributed by atoms with Gasteiger partial charge in [0.25, 0.3) is 0 Å². The van der Waals surface area contributed by atoms with Gasteiger partial charge in [0.15, 0.2) is 0 Å². The van der Waals surface area contributed by atoms with Gasteiger partial charge in [-0.15, -0.1) is 0 Å². The van der Waals surface area contributed by atoms with Gasteiger partial charge in [-0.3, -0.25) is 67.3 Å². The van der Waals surface area contributed by atoms with Crippen molar-refractivity contribution in [1.82, 2.24) is 52.6 Å². The fourth-order valence-electron chi connectivity index (χ4n) is 8.33. The fourth-order valence-corrected chi connectivity index (χ4v) is 8.33. The molecule has 1 aromatic carbocycles. The van der Waals surface area contributed by atoms with Crippen LogP contribution < -0.4 is 42.5 Å². The van der Waals surface area contributed by atoms with E-state index in [4.69, 9.17) is 0 Å². The first-order valence-corrected chi connectivity index (χ1v) is 24.6. The molecule has 13 N–H and O–H groups in total. The smallest absolute Gasteiger partial charge is 0.326 e. The summed E-state index contributed by atoms with van der Waals surface area (Å²) in [6, 6.07) is -7.43. The molecular weight excluding hydrogens is 1020 g/mol. The van der Waals surface area contributed by atoms with Crippen LogP contribution in [0.2, 0.25) is 0 Å². The van der Waals surface area contributed by atoms with Gasteiger partial charge < -0.3 is 68.1 Å². The van der Waals surface area contributed by atoms with Gasteiger partial charge >= 0.3 is 29.8 Å². The van der Waals surface area contributed by atoms with Gasteiger partial charge in [-0.25, -0.2) is 9.80 Å². The van der Waals surface area contributed by atoms with Crippen LogP contribution in [0.25, 0.3) is 0 Å². The number of carbonyl (C=O) groups excluding carboxylic acids is 9. The Morgan fingerprint density at radius 2 is 0.883 bits per heavy atom. The zero-order valence-corrected chi connectivity index (χ0v) is 43.2. The van der Waals surface area contributed by atoms with Crippen LogP contribution in [0.5, 0.6) is 0 Å². The number of carboxylic acids is 5. The van der Waals surface area contributed by atoms with Crippen molar-refractivity contribution in [1.29, 1.82) is 0 Å². The number of amides is 9. The molecule has 77 heavy (non-hydrogen) atoms. The lowest BCUT2D eigenvalue weighted by Crippen LogP contribution is -2.61. The molecule has 0 radical (unpaired) electrons. The highest BCUT2D eigenvalue weighted by molar-refractivity contribution is 6.00. The average Bonchev–Trinajstić information content (AvgIpc) is 3.86. The van der Waals surface area contributed by atoms with Gasteiger partial charge in [0.05, 0.1) is 31.6 Å². The number of hydrogen-bond donors (Lipinski definition) is 13. The van der Waals surface area contributed by atoms with Gasteiger partial charge in [0, 0.05) is 19.5 Å². The lowest BCUT2D eigenvalue weighted by molar-refractivity contribution is -0.147. The number of rotatable bonds is 31. The topological polar surface area (TPSA) is 443 Å². The van der Waals surface area contributed by atoms with E-state index in [-0.39, 0.29) is 43.4 Å². The largest absolute Gasteiger partial charge is 0.481 e. The molecule has 29 nitrogen and oxygen atoms in total. The van der Waals surface area contributed by atoms with Crippen molar-refractivity contribution in [3.63, 3.8) is 0 Å². The third-order valence-electron chi connectivity index (χ3n) is 12.1. The lowest BCUT2D eigenvalue weighted by atomic mass is 10.0. The third kappa shape index (κ3) is 20.1. The molecule has 29 heteroatoms. The molecule has 424 valence electrons. The standard InChI is InChI=1S/C48H68N10O19/c1-22(2)14-27(50-39(67)25(6)49-40(68)29(17-35(59)60)55-46(74)34-12-13-57-21-24(5)47(75)58(34)57)41(69)52-31(19-37(63)64)44(72)54-30(18-36(61)62)43(71)51-28(16-26-10-8-7-9-11-26)42(70)53-32(20-38(65)66)45(73)56-33(48(76)77)15-23(3)4/h7-11,22-25,27-34H,12-21H2,1-6H3,(H,49,68)(H,50,67)(H,51,71)(H,52,69)(H,53,70)(H,54,72)(H,55,74)(H,56,73)(H,59,60)(H,61,62)(H,63,64)(H,65,66)(H,76,77). The van der Waals surface area contributed by atoms with Crippen molar-refractivity contribution in [2.75, 3.05) is 13.1 Å². The van der Waals surface area contributed by atoms with E-state index in [9.17, 15) is 92.7 Å². The summed E-state index contributed by atoms with van der Waals surface area (Å²) in [6.45, 7) is 10.2.